The van der Waals surface area contributed by atoms with Crippen molar-refractivity contribution >= 4 is 35.5 Å². The summed E-state index contributed by atoms with van der Waals surface area (Å²) in [7, 11) is 2.43. The number of anilines is 2. The standard InChI is InChI=1S/C31H40BN2S/c1-20(2)25-11-9-12-26(21(3)4)29(25)33-16-17-34(31(33)32-24-15-18-35-19-24)30-27(22(5)6)13-10-14-28(30)23(7)8/h9-23,31H,1-8H3. The lowest BCUT2D eigenvalue weighted by Crippen LogP contribution is -2.48. The van der Waals surface area contributed by atoms with Gasteiger partial charge in [0, 0.05) is 23.8 Å². The molecule has 0 atom stereocenters. The van der Waals surface area contributed by atoms with Crippen LogP contribution in [0.5, 0.6) is 0 Å². The Morgan fingerprint density at radius 2 is 1.03 bits per heavy atom. The molecule has 0 saturated carbocycles. The van der Waals surface area contributed by atoms with E-state index >= 15 is 0 Å². The SMILES string of the molecule is CC(C)c1cccc(C(C)C)c1N1C=CN(c2c(C(C)C)cccc2C(C)C)C1[B]c1ccsc1. The lowest BCUT2D eigenvalue weighted by Gasteiger charge is -2.38. The van der Waals surface area contributed by atoms with Crippen LogP contribution in [0.25, 0.3) is 0 Å². The lowest BCUT2D eigenvalue weighted by atomic mass is 9.66. The Morgan fingerprint density at radius 3 is 1.34 bits per heavy atom. The van der Waals surface area contributed by atoms with Gasteiger partial charge in [0.2, 0.25) is 7.28 Å². The molecule has 0 amide bonds. The fourth-order valence-electron chi connectivity index (χ4n) is 5.19. The number of rotatable bonds is 8. The van der Waals surface area contributed by atoms with Crippen molar-refractivity contribution in [3.63, 3.8) is 0 Å². The highest BCUT2D eigenvalue weighted by atomic mass is 32.1. The lowest BCUT2D eigenvalue weighted by molar-refractivity contribution is 0.783. The van der Waals surface area contributed by atoms with Crippen LogP contribution in [0.4, 0.5) is 11.4 Å². The van der Waals surface area contributed by atoms with Gasteiger partial charge in [-0.3, -0.25) is 0 Å². The predicted octanol–water partition coefficient (Wildman–Crippen LogP) is 8.35. The molecule has 2 aromatic carbocycles. The molecule has 0 fully saturated rings. The molecular weight excluding hydrogens is 443 g/mol. The van der Waals surface area contributed by atoms with E-state index < -0.39 is 0 Å². The molecule has 0 saturated heterocycles. The minimum Gasteiger partial charge on any atom is -0.332 e. The van der Waals surface area contributed by atoms with Crippen LogP contribution in [0.3, 0.4) is 0 Å². The smallest absolute Gasteiger partial charge is 0.210 e. The minimum absolute atomic E-state index is 0.0689. The molecule has 1 aromatic heterocycles. The summed E-state index contributed by atoms with van der Waals surface area (Å²) in [5.41, 5.74) is 9.64. The Morgan fingerprint density at radius 1 is 0.629 bits per heavy atom. The number of nitrogens with zero attached hydrogens (tertiary/aromatic N) is 2. The van der Waals surface area contributed by atoms with Gasteiger partial charge in [-0.2, -0.15) is 11.3 Å². The van der Waals surface area contributed by atoms with Crippen molar-refractivity contribution < 1.29 is 0 Å². The van der Waals surface area contributed by atoms with E-state index in [2.05, 4.69) is 138 Å². The maximum Gasteiger partial charge on any atom is 0.210 e. The van der Waals surface area contributed by atoms with Gasteiger partial charge in [0.25, 0.3) is 0 Å². The normalized spacial score (nSPS) is 14.4. The fourth-order valence-corrected chi connectivity index (χ4v) is 5.82. The van der Waals surface area contributed by atoms with E-state index in [1.165, 1.54) is 39.1 Å². The van der Waals surface area contributed by atoms with Crippen LogP contribution in [0, 0.1) is 0 Å². The van der Waals surface area contributed by atoms with Crippen LogP contribution >= 0.6 is 11.3 Å². The molecule has 0 unspecified atom stereocenters. The Balaban J connectivity index is 1.91. The number of hydrogen-bond acceptors (Lipinski definition) is 3. The predicted molar refractivity (Wildman–Crippen MR) is 157 cm³/mol. The van der Waals surface area contributed by atoms with Crippen molar-refractivity contribution in [1.29, 1.82) is 0 Å². The Bertz CT molecular complexity index is 1030. The van der Waals surface area contributed by atoms with Gasteiger partial charge in [-0.05, 0) is 56.7 Å². The highest BCUT2D eigenvalue weighted by Crippen LogP contribution is 2.43. The first kappa shape index (κ1) is 25.6. The van der Waals surface area contributed by atoms with E-state index in [1.807, 2.05) is 0 Å². The monoisotopic (exact) mass is 483 g/mol. The van der Waals surface area contributed by atoms with Crippen molar-refractivity contribution in [2.45, 2.75) is 85.1 Å². The quantitative estimate of drug-likeness (QED) is 0.297. The molecule has 0 N–H and O–H groups in total. The summed E-state index contributed by atoms with van der Waals surface area (Å²) in [5, 5.41) is 4.43. The topological polar surface area (TPSA) is 6.48 Å². The van der Waals surface area contributed by atoms with E-state index in [-0.39, 0.29) is 6.07 Å². The summed E-state index contributed by atoms with van der Waals surface area (Å²) in [6, 6.07) is 16.0. The zero-order chi connectivity index (χ0) is 25.3. The highest BCUT2D eigenvalue weighted by Gasteiger charge is 2.35. The first-order valence-corrected chi connectivity index (χ1v) is 14.0. The molecule has 0 spiro atoms. The van der Waals surface area contributed by atoms with Gasteiger partial charge in [-0.25, -0.2) is 0 Å². The van der Waals surface area contributed by atoms with Crippen molar-refractivity contribution in [2.24, 2.45) is 0 Å². The van der Waals surface area contributed by atoms with Gasteiger partial charge in [0.1, 0.15) is 0 Å². The van der Waals surface area contributed by atoms with Crippen LogP contribution in [0.1, 0.15) is 101 Å². The van der Waals surface area contributed by atoms with E-state index in [0.717, 1.165) is 0 Å². The van der Waals surface area contributed by atoms with Gasteiger partial charge < -0.3 is 9.80 Å². The van der Waals surface area contributed by atoms with Gasteiger partial charge in [-0.1, -0.05) is 103 Å². The average Bonchev–Trinajstić information content (AvgIpc) is 3.48. The third-order valence-corrected chi connectivity index (χ3v) is 7.75. The molecule has 183 valence electrons. The maximum atomic E-state index is 2.52. The van der Waals surface area contributed by atoms with Crippen molar-refractivity contribution in [1.82, 2.24) is 0 Å². The third-order valence-electron chi connectivity index (χ3n) is 7.04. The molecule has 1 aliphatic heterocycles. The van der Waals surface area contributed by atoms with Crippen LogP contribution < -0.4 is 15.3 Å². The molecule has 0 aliphatic carbocycles. The molecule has 4 heteroatoms. The average molecular weight is 484 g/mol. The minimum atomic E-state index is 0.0689. The second-order valence-corrected chi connectivity index (χ2v) is 11.7. The zero-order valence-corrected chi connectivity index (χ0v) is 23.4. The fraction of sp³-hybridized carbons (Fsp3) is 0.419. The van der Waals surface area contributed by atoms with Crippen molar-refractivity contribution in [3.05, 3.63) is 87.9 Å². The van der Waals surface area contributed by atoms with Crippen molar-refractivity contribution in [3.8, 4) is 0 Å². The van der Waals surface area contributed by atoms with Gasteiger partial charge >= 0.3 is 0 Å². The zero-order valence-electron chi connectivity index (χ0n) is 22.6. The number of para-hydroxylation sites is 2. The van der Waals surface area contributed by atoms with Gasteiger partial charge in [-0.15, -0.1) is 0 Å². The molecule has 2 nitrogen and oxygen atoms in total. The molecular formula is C31H40BN2S. The number of thiophene rings is 1. The summed E-state index contributed by atoms with van der Waals surface area (Å²) in [6.07, 6.45) is 4.61. The summed E-state index contributed by atoms with van der Waals surface area (Å²) in [5.74, 6) is 1.79. The molecule has 2 heterocycles. The van der Waals surface area contributed by atoms with E-state index in [4.69, 9.17) is 0 Å². The molecule has 1 radical (unpaired) electrons. The van der Waals surface area contributed by atoms with Crippen LogP contribution in [-0.2, 0) is 0 Å². The number of benzene rings is 2. The second kappa shape index (κ2) is 10.7. The molecule has 1 aliphatic rings. The second-order valence-electron chi connectivity index (χ2n) is 10.9. The van der Waals surface area contributed by atoms with Crippen LogP contribution in [0.15, 0.2) is 65.6 Å². The summed E-state index contributed by atoms with van der Waals surface area (Å²) in [4.78, 5) is 5.03. The molecule has 4 rings (SSSR count). The Hall–Kier alpha value is -2.46. The van der Waals surface area contributed by atoms with E-state index in [0.29, 0.717) is 23.7 Å². The highest BCUT2D eigenvalue weighted by molar-refractivity contribution is 7.09. The van der Waals surface area contributed by atoms with Gasteiger partial charge in [0.15, 0.2) is 0 Å². The Labute approximate surface area is 217 Å². The first-order chi connectivity index (χ1) is 16.7. The maximum absolute atomic E-state index is 2.52. The Kier molecular flexibility index (Phi) is 7.81. The third kappa shape index (κ3) is 5.09. The molecule has 35 heavy (non-hydrogen) atoms. The summed E-state index contributed by atoms with van der Waals surface area (Å²) in [6.45, 7) is 18.5. The van der Waals surface area contributed by atoms with E-state index in [9.17, 15) is 0 Å². The first-order valence-electron chi connectivity index (χ1n) is 13.1. The largest absolute Gasteiger partial charge is 0.332 e. The van der Waals surface area contributed by atoms with Crippen molar-refractivity contribution in [2.75, 3.05) is 9.80 Å². The summed E-state index contributed by atoms with van der Waals surface area (Å²) < 4.78 is 0. The van der Waals surface area contributed by atoms with E-state index in [1.54, 1.807) is 11.3 Å². The van der Waals surface area contributed by atoms with Gasteiger partial charge in [0.05, 0.1) is 6.07 Å². The van der Waals surface area contributed by atoms with Crippen LogP contribution in [-0.4, -0.2) is 13.3 Å². The number of hydrogen-bond donors (Lipinski definition) is 0. The molecule has 3 aromatic rings. The summed E-state index contributed by atoms with van der Waals surface area (Å²) >= 11 is 1.76. The molecule has 0 bridgehead atoms. The van der Waals surface area contributed by atoms with Crippen LogP contribution in [0.2, 0.25) is 0 Å².